The minimum Gasteiger partial charge on any atom is -0.480 e. The summed E-state index contributed by atoms with van der Waals surface area (Å²) >= 11 is 0. The van der Waals surface area contributed by atoms with Crippen LogP contribution in [0.25, 0.3) is 0 Å². The Balaban J connectivity index is 2.73. The molecule has 0 saturated carbocycles. The summed E-state index contributed by atoms with van der Waals surface area (Å²) in [4.78, 5) is 45.5. The third-order valence-electron chi connectivity index (χ3n) is 3.38. The summed E-state index contributed by atoms with van der Waals surface area (Å²) < 4.78 is 0. The molecule has 0 aromatic heterocycles. The number of rotatable bonds is 8. The number of carbonyl (C=O) groups excluding carboxylic acids is 2. The Morgan fingerprint density at radius 3 is 2.36 bits per heavy atom. The number of carbonyl (C=O) groups is 3. The number of nitro groups is 1. The van der Waals surface area contributed by atoms with Gasteiger partial charge in [0.1, 0.15) is 12.1 Å². The number of carboxylic acid groups (broad SMARTS) is 1. The number of benzene rings is 1. The van der Waals surface area contributed by atoms with Crippen molar-refractivity contribution in [2.24, 2.45) is 5.92 Å². The highest BCUT2D eigenvalue weighted by Crippen LogP contribution is 2.13. The number of amides is 2. The average molecular weight is 351 g/mol. The molecule has 3 N–H and O–H groups in total. The molecule has 0 bridgehead atoms. The molecule has 2 atom stereocenters. The van der Waals surface area contributed by atoms with Crippen LogP contribution in [0.3, 0.4) is 0 Å². The Hall–Kier alpha value is -2.97. The lowest BCUT2D eigenvalue weighted by atomic mass is 10.0. The number of non-ortho nitro benzene ring substituents is 1. The normalized spacial score (nSPS) is 13.0. The average Bonchev–Trinajstić information content (AvgIpc) is 2.53. The quantitative estimate of drug-likeness (QED) is 0.477. The van der Waals surface area contributed by atoms with Crippen molar-refractivity contribution in [2.75, 3.05) is 0 Å². The molecular formula is C16H21N3O6. The molecule has 1 aromatic rings. The zero-order valence-electron chi connectivity index (χ0n) is 14.2. The summed E-state index contributed by atoms with van der Waals surface area (Å²) in [5.74, 6) is -2.40. The maximum Gasteiger partial charge on any atom is 0.326 e. The van der Waals surface area contributed by atoms with Crippen LogP contribution in [-0.2, 0) is 9.59 Å². The van der Waals surface area contributed by atoms with Crippen molar-refractivity contribution >= 4 is 23.5 Å². The van der Waals surface area contributed by atoms with E-state index in [1.54, 1.807) is 0 Å². The fourth-order valence-electron chi connectivity index (χ4n) is 2.10. The minimum atomic E-state index is -1.15. The van der Waals surface area contributed by atoms with Gasteiger partial charge in [0, 0.05) is 17.7 Å². The Morgan fingerprint density at radius 2 is 1.84 bits per heavy atom. The van der Waals surface area contributed by atoms with E-state index in [9.17, 15) is 24.5 Å². The lowest BCUT2D eigenvalue weighted by Crippen LogP contribution is -2.50. The van der Waals surface area contributed by atoms with E-state index in [4.69, 9.17) is 5.11 Å². The van der Waals surface area contributed by atoms with Gasteiger partial charge in [-0.25, -0.2) is 4.79 Å². The zero-order valence-corrected chi connectivity index (χ0v) is 14.2. The molecule has 136 valence electrons. The number of aliphatic carboxylic acids is 1. The van der Waals surface area contributed by atoms with Crippen LogP contribution in [0, 0.1) is 16.0 Å². The molecule has 2 amide bonds. The van der Waals surface area contributed by atoms with E-state index in [2.05, 4.69) is 10.6 Å². The maximum atomic E-state index is 12.1. The molecule has 1 aromatic carbocycles. The van der Waals surface area contributed by atoms with Gasteiger partial charge in [-0.3, -0.25) is 19.7 Å². The van der Waals surface area contributed by atoms with E-state index in [0.717, 1.165) is 6.07 Å². The van der Waals surface area contributed by atoms with E-state index in [1.165, 1.54) is 25.1 Å². The van der Waals surface area contributed by atoms with E-state index < -0.39 is 34.8 Å². The number of nitrogens with zero attached hydrogens (tertiary/aromatic N) is 1. The smallest absolute Gasteiger partial charge is 0.326 e. The molecule has 0 radical (unpaired) electrons. The van der Waals surface area contributed by atoms with Gasteiger partial charge in [0.2, 0.25) is 5.91 Å². The molecule has 1 rings (SSSR count). The third-order valence-corrected chi connectivity index (χ3v) is 3.38. The summed E-state index contributed by atoms with van der Waals surface area (Å²) in [6.07, 6.45) is 0.257. The van der Waals surface area contributed by atoms with E-state index in [0.29, 0.717) is 0 Å². The molecule has 0 heterocycles. The first kappa shape index (κ1) is 20.1. The molecule has 2 unspecified atom stereocenters. The van der Waals surface area contributed by atoms with Crippen molar-refractivity contribution in [2.45, 2.75) is 39.3 Å². The van der Waals surface area contributed by atoms with Crippen molar-refractivity contribution < 1.29 is 24.4 Å². The third kappa shape index (κ3) is 6.21. The van der Waals surface area contributed by atoms with Crippen LogP contribution < -0.4 is 10.6 Å². The Kier molecular flexibility index (Phi) is 7.04. The van der Waals surface area contributed by atoms with Crippen molar-refractivity contribution in [1.82, 2.24) is 10.6 Å². The van der Waals surface area contributed by atoms with Gasteiger partial charge >= 0.3 is 5.97 Å². The van der Waals surface area contributed by atoms with Crippen LogP contribution in [0.15, 0.2) is 24.3 Å². The van der Waals surface area contributed by atoms with E-state index in [1.807, 2.05) is 13.8 Å². The number of hydrogen-bond donors (Lipinski definition) is 3. The van der Waals surface area contributed by atoms with Gasteiger partial charge < -0.3 is 15.7 Å². The van der Waals surface area contributed by atoms with Crippen molar-refractivity contribution in [3.8, 4) is 0 Å². The molecule has 25 heavy (non-hydrogen) atoms. The van der Waals surface area contributed by atoms with Crippen LogP contribution in [-0.4, -0.2) is 39.9 Å². The summed E-state index contributed by atoms with van der Waals surface area (Å²) in [7, 11) is 0. The van der Waals surface area contributed by atoms with Crippen LogP contribution in [0.1, 0.15) is 37.6 Å². The first-order valence-electron chi connectivity index (χ1n) is 7.70. The maximum absolute atomic E-state index is 12.1. The van der Waals surface area contributed by atoms with Crippen LogP contribution in [0.5, 0.6) is 0 Å². The van der Waals surface area contributed by atoms with Gasteiger partial charge in [-0.1, -0.05) is 19.9 Å². The fraction of sp³-hybridized carbons (Fsp3) is 0.438. The standard InChI is InChI=1S/C16H21N3O6/c1-9(2)7-13(16(22)23)18-14(20)10(3)17-15(21)11-5-4-6-12(8-11)19(24)25/h4-6,8-10,13H,7H2,1-3H3,(H,17,21)(H,18,20)(H,22,23). The molecule has 0 aliphatic heterocycles. The molecule has 0 fully saturated rings. The van der Waals surface area contributed by atoms with Gasteiger partial charge in [-0.05, 0) is 25.3 Å². The number of nitro benzene ring substituents is 1. The molecule has 9 nitrogen and oxygen atoms in total. The Morgan fingerprint density at radius 1 is 1.20 bits per heavy atom. The second-order valence-corrected chi connectivity index (χ2v) is 6.03. The first-order valence-corrected chi connectivity index (χ1v) is 7.70. The summed E-state index contributed by atoms with van der Waals surface area (Å²) in [5.41, 5.74) is -0.210. The molecule has 0 aliphatic carbocycles. The topological polar surface area (TPSA) is 139 Å². The second kappa shape index (κ2) is 8.76. The highest BCUT2D eigenvalue weighted by Gasteiger charge is 2.25. The zero-order chi connectivity index (χ0) is 19.1. The van der Waals surface area contributed by atoms with Gasteiger partial charge in [-0.2, -0.15) is 0 Å². The van der Waals surface area contributed by atoms with Gasteiger partial charge in [0.15, 0.2) is 0 Å². The highest BCUT2D eigenvalue weighted by atomic mass is 16.6. The summed E-state index contributed by atoms with van der Waals surface area (Å²) in [6.45, 7) is 5.06. The highest BCUT2D eigenvalue weighted by molar-refractivity contribution is 5.98. The molecule has 0 spiro atoms. The van der Waals surface area contributed by atoms with Crippen molar-refractivity contribution in [3.63, 3.8) is 0 Å². The molecule has 0 saturated heterocycles. The predicted octanol–water partition coefficient (Wildman–Crippen LogP) is 1.33. The fourth-order valence-corrected chi connectivity index (χ4v) is 2.10. The number of nitrogens with one attached hydrogen (secondary N) is 2. The van der Waals surface area contributed by atoms with Crippen LogP contribution in [0.2, 0.25) is 0 Å². The lowest BCUT2D eigenvalue weighted by Gasteiger charge is -2.20. The summed E-state index contributed by atoms with van der Waals surface area (Å²) in [6, 6.07) is 3.03. The number of carboxylic acids is 1. The van der Waals surface area contributed by atoms with Gasteiger partial charge in [-0.15, -0.1) is 0 Å². The monoisotopic (exact) mass is 351 g/mol. The molecule has 0 aliphatic rings. The SMILES string of the molecule is CC(C)CC(NC(=O)C(C)NC(=O)c1cccc([N+](=O)[O-])c1)C(=O)O. The largest absolute Gasteiger partial charge is 0.480 e. The predicted molar refractivity (Wildman–Crippen MR) is 89.0 cm³/mol. The van der Waals surface area contributed by atoms with Gasteiger partial charge in [0.25, 0.3) is 11.6 Å². The number of hydrogen-bond acceptors (Lipinski definition) is 5. The molecular weight excluding hydrogens is 330 g/mol. The van der Waals surface area contributed by atoms with Crippen LogP contribution >= 0.6 is 0 Å². The minimum absolute atomic E-state index is 0.0332. The molecule has 9 heteroatoms. The van der Waals surface area contributed by atoms with Crippen molar-refractivity contribution in [3.05, 3.63) is 39.9 Å². The Bertz CT molecular complexity index is 674. The lowest BCUT2D eigenvalue weighted by molar-refractivity contribution is -0.384. The van der Waals surface area contributed by atoms with Crippen molar-refractivity contribution in [1.29, 1.82) is 0 Å². The van der Waals surface area contributed by atoms with E-state index >= 15 is 0 Å². The second-order valence-electron chi connectivity index (χ2n) is 6.03. The van der Waals surface area contributed by atoms with Crippen LogP contribution in [0.4, 0.5) is 5.69 Å². The van der Waals surface area contributed by atoms with E-state index in [-0.39, 0.29) is 23.6 Å². The summed E-state index contributed by atoms with van der Waals surface area (Å²) in [5, 5.41) is 24.6. The first-order chi connectivity index (χ1) is 11.6. The van der Waals surface area contributed by atoms with Gasteiger partial charge in [0.05, 0.1) is 4.92 Å². The Labute approximate surface area is 144 Å².